The Morgan fingerprint density at radius 3 is 1.31 bits per heavy atom. The van der Waals surface area contributed by atoms with Gasteiger partial charge in [-0.2, -0.15) is 0 Å². The van der Waals surface area contributed by atoms with Crippen LogP contribution in [0.25, 0.3) is 0 Å². The van der Waals surface area contributed by atoms with Gasteiger partial charge in [-0.05, 0) is 63.9 Å². The van der Waals surface area contributed by atoms with Crippen LogP contribution in [0.3, 0.4) is 0 Å². The number of nitrogens with one attached hydrogen (secondary N) is 1. The van der Waals surface area contributed by atoms with E-state index in [0.29, 0.717) is 23.9 Å². The van der Waals surface area contributed by atoms with Crippen molar-refractivity contribution in [1.29, 1.82) is 0 Å². The van der Waals surface area contributed by atoms with Crippen molar-refractivity contribution in [2.24, 2.45) is 0 Å². The predicted molar refractivity (Wildman–Crippen MR) is 300 cm³/mol. The zero-order chi connectivity index (χ0) is 51.5. The first-order valence-electron chi connectivity index (χ1n) is 29.8. The highest BCUT2D eigenvalue weighted by molar-refractivity contribution is 7.47. The number of hydrogen-bond donors (Lipinski definition) is 2. The third kappa shape index (κ3) is 51.1. The Labute approximate surface area is 434 Å². The highest BCUT2D eigenvalue weighted by atomic mass is 31.2. The van der Waals surface area contributed by atoms with Gasteiger partial charge in [-0.15, -0.1) is 0 Å². The molecular weight excluding hydrogens is 892 g/mol. The molecule has 0 bridgehead atoms. The number of likely N-dealkylation sites (N-methyl/N-ethyl adjacent to an activating group) is 1. The summed E-state index contributed by atoms with van der Waals surface area (Å²) in [5.41, 5.74) is 0. The number of amides is 1. The molecule has 0 rings (SSSR count). The van der Waals surface area contributed by atoms with E-state index in [9.17, 15) is 19.0 Å². The van der Waals surface area contributed by atoms with E-state index in [2.05, 4.69) is 50.4 Å². The Bertz CT molecular complexity index is 1300. The Morgan fingerprint density at radius 2 is 0.871 bits per heavy atom. The number of phosphoric acid groups is 1. The predicted octanol–water partition coefficient (Wildman–Crippen LogP) is 17.9. The number of phosphoric ester groups is 1. The number of nitrogens with zero attached hydrogens (tertiary/aromatic N) is 1. The van der Waals surface area contributed by atoms with Crippen molar-refractivity contribution in [1.82, 2.24) is 5.32 Å². The fraction of sp³-hybridized carbons (Fsp3) is 0.867. The summed E-state index contributed by atoms with van der Waals surface area (Å²) in [6.45, 7) is 7.00. The smallest absolute Gasteiger partial charge is 0.456 e. The first kappa shape index (κ1) is 68.2. The van der Waals surface area contributed by atoms with Gasteiger partial charge in [0.2, 0.25) is 5.91 Å². The standard InChI is InChI=1S/C60H115N2O7P/c1-7-10-13-16-19-22-25-27-28-29-30-31-32-33-34-35-38-41-44-47-50-53-60(64)69-58(51-48-45-42-39-37-26-23-20-17-14-11-8-2)57(56-68-70(65,66)67-55-54-62(4,5)6)61-59(63)52-49-46-43-40-36-24-21-18-15-12-9-3/h19,22,27-28,48,51,57-58H,7-18,20-21,23-26,29-47,49-50,52-56H2,1-6H3,(H-,61,63,65,66)/p+1/b22-19-,28-27-,51-48+. The van der Waals surface area contributed by atoms with Gasteiger partial charge in [0.1, 0.15) is 19.3 Å². The van der Waals surface area contributed by atoms with Gasteiger partial charge >= 0.3 is 13.8 Å². The lowest BCUT2D eigenvalue weighted by molar-refractivity contribution is -0.870. The third-order valence-corrected chi connectivity index (χ3v) is 14.3. The molecule has 70 heavy (non-hydrogen) atoms. The Hall–Kier alpha value is -1.77. The minimum absolute atomic E-state index is 0.0422. The van der Waals surface area contributed by atoms with E-state index in [-0.39, 0.29) is 25.1 Å². The number of allylic oxidation sites excluding steroid dienone is 5. The average Bonchev–Trinajstić information content (AvgIpc) is 3.32. The van der Waals surface area contributed by atoms with Gasteiger partial charge in [-0.1, -0.05) is 244 Å². The molecule has 0 spiro atoms. The van der Waals surface area contributed by atoms with Gasteiger partial charge in [0, 0.05) is 12.8 Å². The van der Waals surface area contributed by atoms with Gasteiger partial charge in [-0.25, -0.2) is 4.57 Å². The third-order valence-electron chi connectivity index (χ3n) is 13.3. The summed E-state index contributed by atoms with van der Waals surface area (Å²) in [5, 5.41) is 3.05. The van der Waals surface area contributed by atoms with Crippen LogP contribution >= 0.6 is 7.82 Å². The summed E-state index contributed by atoms with van der Waals surface area (Å²) < 4.78 is 30.6. The quantitative estimate of drug-likeness (QED) is 0.0205. The fourth-order valence-corrected chi connectivity index (χ4v) is 9.41. The molecule has 2 N–H and O–H groups in total. The Balaban J connectivity index is 5.19. The molecule has 412 valence electrons. The van der Waals surface area contributed by atoms with Crippen LogP contribution in [0, 0.1) is 0 Å². The van der Waals surface area contributed by atoms with Crippen molar-refractivity contribution in [3.8, 4) is 0 Å². The highest BCUT2D eigenvalue weighted by Gasteiger charge is 2.30. The summed E-state index contributed by atoms with van der Waals surface area (Å²) in [6, 6.07) is -0.843. The minimum atomic E-state index is -4.44. The van der Waals surface area contributed by atoms with Gasteiger partial charge in [0.05, 0.1) is 33.8 Å². The normalized spacial score (nSPS) is 14.0. The van der Waals surface area contributed by atoms with Crippen molar-refractivity contribution in [2.45, 2.75) is 296 Å². The molecule has 0 aromatic rings. The summed E-state index contributed by atoms with van der Waals surface area (Å²) in [4.78, 5) is 37.6. The molecule has 0 aliphatic heterocycles. The molecule has 0 heterocycles. The molecule has 3 unspecified atom stereocenters. The summed E-state index contributed by atoms with van der Waals surface area (Å²) >= 11 is 0. The molecule has 9 nitrogen and oxygen atoms in total. The first-order valence-corrected chi connectivity index (χ1v) is 31.3. The number of unbranched alkanes of at least 4 members (excludes halogenated alkanes) is 34. The maximum Gasteiger partial charge on any atom is 0.472 e. The molecule has 0 aliphatic rings. The van der Waals surface area contributed by atoms with Gasteiger partial charge in [0.25, 0.3) is 0 Å². The van der Waals surface area contributed by atoms with Crippen LogP contribution in [0.2, 0.25) is 0 Å². The van der Waals surface area contributed by atoms with Gasteiger partial charge in [0.15, 0.2) is 0 Å². The van der Waals surface area contributed by atoms with Crippen molar-refractivity contribution >= 4 is 19.7 Å². The largest absolute Gasteiger partial charge is 0.472 e. The number of ether oxygens (including phenoxy) is 1. The zero-order valence-electron chi connectivity index (χ0n) is 47.0. The van der Waals surface area contributed by atoms with Gasteiger partial charge in [-0.3, -0.25) is 18.6 Å². The molecular formula is C60H116N2O7P+. The van der Waals surface area contributed by atoms with E-state index >= 15 is 0 Å². The molecule has 0 saturated heterocycles. The monoisotopic (exact) mass is 1010 g/mol. The molecule has 0 saturated carbocycles. The van der Waals surface area contributed by atoms with E-state index in [1.807, 2.05) is 33.3 Å². The second kappa shape index (κ2) is 50.7. The molecule has 3 atom stereocenters. The van der Waals surface area contributed by atoms with Crippen LogP contribution in [0.1, 0.15) is 284 Å². The SMILES string of the molecule is CCCCC/C=C\C/C=C\CCCCCCCCCCCCCC(=O)OC(/C=C/CCCCCCCCCCCC)C(COP(=O)(O)OCC[N+](C)(C)C)NC(=O)CCCCCCCCCCCCC. The van der Waals surface area contributed by atoms with Crippen LogP contribution in [-0.4, -0.2) is 74.3 Å². The van der Waals surface area contributed by atoms with Crippen molar-refractivity contribution in [2.75, 3.05) is 40.9 Å². The number of quaternary nitrogens is 1. The molecule has 0 aliphatic carbocycles. The number of hydrogen-bond acceptors (Lipinski definition) is 6. The van der Waals surface area contributed by atoms with E-state index in [0.717, 1.165) is 64.2 Å². The maximum absolute atomic E-state index is 13.5. The molecule has 0 aromatic carbocycles. The average molecular weight is 1010 g/mol. The number of carbonyl (C=O) groups excluding carboxylic acids is 2. The van der Waals surface area contributed by atoms with E-state index in [1.54, 1.807) is 0 Å². The van der Waals surface area contributed by atoms with Crippen LogP contribution < -0.4 is 5.32 Å². The molecule has 0 radical (unpaired) electrons. The van der Waals surface area contributed by atoms with Gasteiger partial charge < -0.3 is 19.4 Å². The topological polar surface area (TPSA) is 111 Å². The highest BCUT2D eigenvalue weighted by Crippen LogP contribution is 2.43. The van der Waals surface area contributed by atoms with Crippen LogP contribution in [0.5, 0.6) is 0 Å². The molecule has 10 heteroatoms. The number of rotatable bonds is 54. The van der Waals surface area contributed by atoms with Crippen molar-refractivity contribution in [3.05, 3.63) is 36.5 Å². The zero-order valence-corrected chi connectivity index (χ0v) is 47.9. The second-order valence-corrected chi connectivity index (χ2v) is 23.0. The fourth-order valence-electron chi connectivity index (χ4n) is 8.68. The minimum Gasteiger partial charge on any atom is -0.456 e. The molecule has 0 aromatic heterocycles. The summed E-state index contributed by atoms with van der Waals surface area (Å²) in [5.74, 6) is -0.498. The lowest BCUT2D eigenvalue weighted by atomic mass is 10.0. The van der Waals surface area contributed by atoms with Crippen molar-refractivity contribution in [3.63, 3.8) is 0 Å². The van der Waals surface area contributed by atoms with E-state index < -0.39 is 20.0 Å². The second-order valence-electron chi connectivity index (χ2n) is 21.5. The van der Waals surface area contributed by atoms with E-state index in [1.165, 1.54) is 186 Å². The molecule has 1 amide bonds. The van der Waals surface area contributed by atoms with E-state index in [4.69, 9.17) is 13.8 Å². The lowest BCUT2D eigenvalue weighted by Gasteiger charge is -2.27. The number of esters is 1. The van der Waals surface area contributed by atoms with Crippen molar-refractivity contribution < 1.29 is 37.3 Å². The Morgan fingerprint density at radius 1 is 0.500 bits per heavy atom. The van der Waals surface area contributed by atoms with Crippen LogP contribution in [0.4, 0.5) is 0 Å². The van der Waals surface area contributed by atoms with Crippen LogP contribution in [0.15, 0.2) is 36.5 Å². The first-order chi connectivity index (χ1) is 33.9. The van der Waals surface area contributed by atoms with Crippen LogP contribution in [-0.2, 0) is 27.9 Å². The Kier molecular flexibility index (Phi) is 49.5. The summed E-state index contributed by atoms with van der Waals surface area (Å²) in [6.07, 6.45) is 59.9. The summed E-state index contributed by atoms with van der Waals surface area (Å²) in [7, 11) is 1.50. The maximum atomic E-state index is 13.5. The lowest BCUT2D eigenvalue weighted by Crippen LogP contribution is -2.47. The molecule has 0 fully saturated rings. The number of carbonyl (C=O) groups is 2.